The molecule has 1 atom stereocenters. The molecule has 1 rings (SSSR count). The first kappa shape index (κ1) is 8.93. The third-order valence-corrected chi connectivity index (χ3v) is 1.73. The fourth-order valence-electron chi connectivity index (χ4n) is 1.17. The number of hydrogen-bond donors (Lipinski definition) is 2. The molecule has 0 bridgehead atoms. The van der Waals surface area contributed by atoms with Crippen LogP contribution in [0.2, 0.25) is 0 Å². The zero-order chi connectivity index (χ0) is 9.14. The lowest BCUT2D eigenvalue weighted by Crippen LogP contribution is -2.22. The van der Waals surface area contributed by atoms with Crippen molar-refractivity contribution in [2.24, 2.45) is 5.73 Å². The lowest BCUT2D eigenvalue weighted by Gasteiger charge is -2.20. The fourth-order valence-corrected chi connectivity index (χ4v) is 1.17. The zero-order valence-corrected chi connectivity index (χ0v) is 7.20. The van der Waals surface area contributed by atoms with Crippen molar-refractivity contribution in [3.8, 4) is 0 Å². The predicted molar refractivity (Wildman–Crippen MR) is 43.9 cm³/mol. The molecule has 0 aliphatic heterocycles. The number of ether oxygens (including phenoxy) is 2. The van der Waals surface area contributed by atoms with Crippen LogP contribution < -0.4 is 5.73 Å². The van der Waals surface area contributed by atoms with Crippen molar-refractivity contribution in [1.82, 2.24) is 0 Å². The monoisotopic (exact) mass is 171 g/mol. The predicted octanol–water partition coefficient (Wildman–Crippen LogP) is 0.0980. The van der Waals surface area contributed by atoms with Crippen molar-refractivity contribution in [3.63, 3.8) is 0 Å². The first-order valence-corrected chi connectivity index (χ1v) is 3.65. The van der Waals surface area contributed by atoms with Gasteiger partial charge in [-0.25, -0.2) is 0 Å². The Labute approximate surface area is 71.3 Å². The fraction of sp³-hybridized carbons (Fsp3) is 0.500. The highest BCUT2D eigenvalue weighted by Crippen LogP contribution is 2.22. The summed E-state index contributed by atoms with van der Waals surface area (Å²) in [6, 6.07) is 0. The molecule has 12 heavy (non-hydrogen) atoms. The van der Waals surface area contributed by atoms with E-state index >= 15 is 0 Å². The molecule has 0 aromatic carbocycles. The zero-order valence-electron chi connectivity index (χ0n) is 7.20. The van der Waals surface area contributed by atoms with Crippen LogP contribution in [-0.4, -0.2) is 25.4 Å². The molecule has 4 nitrogen and oxygen atoms in total. The Hall–Kier alpha value is -1.16. The van der Waals surface area contributed by atoms with Crippen LogP contribution in [0.5, 0.6) is 0 Å². The molecule has 0 amide bonds. The maximum atomic E-state index is 9.46. The Morgan fingerprint density at radius 2 is 2.17 bits per heavy atom. The summed E-state index contributed by atoms with van der Waals surface area (Å²) in [4.78, 5) is 0. The molecule has 3 N–H and O–H groups in total. The van der Waals surface area contributed by atoms with Crippen LogP contribution in [0.1, 0.15) is 6.42 Å². The molecule has 1 unspecified atom stereocenters. The summed E-state index contributed by atoms with van der Waals surface area (Å²) in [5.41, 5.74) is 6.14. The molecule has 68 valence electrons. The van der Waals surface area contributed by atoms with Crippen LogP contribution in [0.15, 0.2) is 23.3 Å². The number of rotatable bonds is 2. The van der Waals surface area contributed by atoms with Gasteiger partial charge in [-0.05, 0) is 0 Å². The molecule has 1 aliphatic rings. The lowest BCUT2D eigenvalue weighted by atomic mass is 10.1. The van der Waals surface area contributed by atoms with E-state index in [1.165, 1.54) is 14.2 Å². The first-order chi connectivity index (χ1) is 5.69. The van der Waals surface area contributed by atoms with Crippen molar-refractivity contribution in [2.75, 3.05) is 14.2 Å². The van der Waals surface area contributed by atoms with Gasteiger partial charge in [0.25, 0.3) is 0 Å². The summed E-state index contributed by atoms with van der Waals surface area (Å²) >= 11 is 0. The van der Waals surface area contributed by atoms with E-state index in [2.05, 4.69) is 0 Å². The number of aliphatic hydroxyl groups excluding tert-OH is 1. The van der Waals surface area contributed by atoms with Gasteiger partial charge in [0, 0.05) is 18.2 Å². The van der Waals surface area contributed by atoms with Gasteiger partial charge >= 0.3 is 0 Å². The van der Waals surface area contributed by atoms with Crippen molar-refractivity contribution in [1.29, 1.82) is 0 Å². The van der Waals surface area contributed by atoms with E-state index in [1.54, 1.807) is 6.08 Å². The normalized spacial score (nSPS) is 23.6. The van der Waals surface area contributed by atoms with Crippen LogP contribution in [0, 0.1) is 0 Å². The van der Waals surface area contributed by atoms with Gasteiger partial charge < -0.3 is 20.3 Å². The second-order valence-electron chi connectivity index (χ2n) is 2.58. The Morgan fingerprint density at radius 3 is 2.67 bits per heavy atom. The van der Waals surface area contributed by atoms with Gasteiger partial charge in [0.15, 0.2) is 11.5 Å². The van der Waals surface area contributed by atoms with Gasteiger partial charge in [-0.3, -0.25) is 0 Å². The Bertz CT molecular complexity index is 232. The first-order valence-electron chi connectivity index (χ1n) is 3.65. The van der Waals surface area contributed by atoms with Gasteiger partial charge in [0.2, 0.25) is 0 Å². The molecule has 0 radical (unpaired) electrons. The average Bonchev–Trinajstić information content (AvgIpc) is 2.03. The lowest BCUT2D eigenvalue weighted by molar-refractivity contribution is 0.106. The van der Waals surface area contributed by atoms with E-state index in [1.807, 2.05) is 0 Å². The van der Waals surface area contributed by atoms with Crippen LogP contribution in [0.3, 0.4) is 0 Å². The summed E-state index contributed by atoms with van der Waals surface area (Å²) < 4.78 is 9.93. The van der Waals surface area contributed by atoms with Gasteiger partial charge in [0.1, 0.15) is 6.10 Å². The molecular weight excluding hydrogens is 158 g/mol. The molecule has 0 saturated carbocycles. The van der Waals surface area contributed by atoms with Crippen LogP contribution in [0.25, 0.3) is 0 Å². The summed E-state index contributed by atoms with van der Waals surface area (Å²) in [7, 11) is 3.00. The van der Waals surface area contributed by atoms with Crippen LogP contribution >= 0.6 is 0 Å². The van der Waals surface area contributed by atoms with Crippen LogP contribution in [0.4, 0.5) is 0 Å². The molecule has 1 aliphatic carbocycles. The molecule has 0 saturated heterocycles. The highest BCUT2D eigenvalue weighted by Gasteiger charge is 2.22. The van der Waals surface area contributed by atoms with Crippen molar-refractivity contribution >= 4 is 0 Å². The minimum atomic E-state index is -0.685. The molecule has 0 spiro atoms. The van der Waals surface area contributed by atoms with Crippen LogP contribution in [-0.2, 0) is 9.47 Å². The second kappa shape index (κ2) is 3.49. The van der Waals surface area contributed by atoms with E-state index in [0.717, 1.165) is 0 Å². The number of aliphatic hydroxyl groups is 1. The van der Waals surface area contributed by atoms with Gasteiger partial charge in [-0.15, -0.1) is 0 Å². The average molecular weight is 171 g/mol. The maximum Gasteiger partial charge on any atom is 0.166 e. The summed E-state index contributed by atoms with van der Waals surface area (Å²) in [6.07, 6.45) is 1.37. The molecule has 0 aromatic rings. The Kier molecular flexibility index (Phi) is 2.60. The minimum Gasteiger partial charge on any atom is -0.494 e. The third kappa shape index (κ3) is 1.53. The number of nitrogens with two attached hydrogens (primary N) is 1. The Balaban J connectivity index is 2.96. The molecule has 4 heteroatoms. The molecule has 0 aromatic heterocycles. The Morgan fingerprint density at radius 1 is 1.50 bits per heavy atom. The van der Waals surface area contributed by atoms with Gasteiger partial charge in [-0.2, -0.15) is 0 Å². The molecular formula is C8H13NO3. The van der Waals surface area contributed by atoms with Crippen molar-refractivity contribution in [2.45, 2.75) is 12.5 Å². The summed E-state index contributed by atoms with van der Waals surface area (Å²) in [6.45, 7) is 0. The van der Waals surface area contributed by atoms with Gasteiger partial charge in [0.05, 0.1) is 14.2 Å². The smallest absolute Gasteiger partial charge is 0.166 e. The summed E-state index contributed by atoms with van der Waals surface area (Å²) in [5.74, 6) is 0.931. The van der Waals surface area contributed by atoms with E-state index in [0.29, 0.717) is 23.6 Å². The van der Waals surface area contributed by atoms with E-state index in [-0.39, 0.29) is 0 Å². The molecule has 0 fully saturated rings. The standard InChI is InChI=1S/C8H13NO3/c1-11-7-4-5(9)3-6(10)8(7)12-2/h4,6,10H,3,9H2,1-2H3. The number of methoxy groups -OCH3 is 2. The number of allylic oxidation sites excluding steroid dienone is 1. The van der Waals surface area contributed by atoms with E-state index < -0.39 is 6.10 Å². The highest BCUT2D eigenvalue weighted by molar-refractivity contribution is 5.28. The quantitative estimate of drug-likeness (QED) is 0.618. The topological polar surface area (TPSA) is 64.7 Å². The minimum absolute atomic E-state index is 0.399. The van der Waals surface area contributed by atoms with E-state index in [9.17, 15) is 5.11 Å². The SMILES string of the molecule is COC1=C(OC)C(O)CC(N)=C1. The van der Waals surface area contributed by atoms with E-state index in [4.69, 9.17) is 15.2 Å². The number of hydrogen-bond acceptors (Lipinski definition) is 4. The van der Waals surface area contributed by atoms with Crippen molar-refractivity contribution < 1.29 is 14.6 Å². The highest BCUT2D eigenvalue weighted by atomic mass is 16.5. The third-order valence-electron chi connectivity index (χ3n) is 1.73. The second-order valence-corrected chi connectivity index (χ2v) is 2.58. The molecule has 0 heterocycles. The van der Waals surface area contributed by atoms with Gasteiger partial charge in [-0.1, -0.05) is 0 Å². The largest absolute Gasteiger partial charge is 0.494 e. The van der Waals surface area contributed by atoms with Crippen molar-refractivity contribution in [3.05, 3.63) is 23.3 Å². The summed E-state index contributed by atoms with van der Waals surface area (Å²) in [5, 5.41) is 9.46. The maximum absolute atomic E-state index is 9.46.